The lowest BCUT2D eigenvalue weighted by Gasteiger charge is -2.01. The Kier molecular flexibility index (Phi) is 9.31. The van der Waals surface area contributed by atoms with E-state index in [1.54, 1.807) is 6.08 Å². The standard InChI is InChI=1S/C9H11NO.C2H6/c1-7(2)5-9(11-4)8(3)6-10;1-2/h5H,1,3H2,2,4H3;1-2H3/b9-5+;. The highest BCUT2D eigenvalue weighted by atomic mass is 16.5. The van der Waals surface area contributed by atoms with Crippen LogP contribution in [0, 0.1) is 11.3 Å². The van der Waals surface area contributed by atoms with Crippen LogP contribution in [0.4, 0.5) is 0 Å². The molecular formula is C11H17NO. The highest BCUT2D eigenvalue weighted by Crippen LogP contribution is 2.09. The minimum Gasteiger partial charge on any atom is -0.495 e. The first kappa shape index (κ1) is 14.1. The summed E-state index contributed by atoms with van der Waals surface area (Å²) in [5.41, 5.74) is 1.15. The van der Waals surface area contributed by atoms with Crippen molar-refractivity contribution in [2.24, 2.45) is 0 Å². The van der Waals surface area contributed by atoms with Gasteiger partial charge < -0.3 is 4.74 Å². The van der Waals surface area contributed by atoms with Gasteiger partial charge in [-0.1, -0.05) is 32.6 Å². The molecule has 0 aliphatic rings. The molecule has 13 heavy (non-hydrogen) atoms. The third-order valence-corrected chi connectivity index (χ3v) is 1.03. The Labute approximate surface area is 80.8 Å². The molecule has 0 fully saturated rings. The Morgan fingerprint density at radius 3 is 2.08 bits per heavy atom. The maximum Gasteiger partial charge on any atom is 0.136 e. The number of rotatable bonds is 3. The average molecular weight is 179 g/mol. The molecule has 0 saturated heterocycles. The first-order valence-electron chi connectivity index (χ1n) is 4.12. The molecule has 0 aromatic heterocycles. The molecule has 0 heterocycles. The van der Waals surface area contributed by atoms with Crippen LogP contribution < -0.4 is 0 Å². The quantitative estimate of drug-likeness (QED) is 0.378. The smallest absolute Gasteiger partial charge is 0.136 e. The predicted octanol–water partition coefficient (Wildman–Crippen LogP) is 3.20. The fourth-order valence-corrected chi connectivity index (χ4v) is 0.548. The van der Waals surface area contributed by atoms with Crippen molar-refractivity contribution < 1.29 is 4.74 Å². The second-order valence-corrected chi connectivity index (χ2v) is 2.15. The molecule has 0 N–H and O–H groups in total. The van der Waals surface area contributed by atoms with Crippen molar-refractivity contribution in [2.75, 3.05) is 7.11 Å². The number of nitrogens with zero attached hydrogens (tertiary/aromatic N) is 1. The zero-order valence-electron chi connectivity index (χ0n) is 8.85. The maximum absolute atomic E-state index is 8.45. The minimum atomic E-state index is 0.315. The summed E-state index contributed by atoms with van der Waals surface area (Å²) in [4.78, 5) is 0. The molecule has 0 aromatic carbocycles. The van der Waals surface area contributed by atoms with Crippen molar-refractivity contribution >= 4 is 0 Å². The summed E-state index contributed by atoms with van der Waals surface area (Å²) in [5, 5.41) is 8.45. The second-order valence-electron chi connectivity index (χ2n) is 2.15. The van der Waals surface area contributed by atoms with Gasteiger partial charge in [0.1, 0.15) is 11.8 Å². The molecule has 0 atom stereocenters. The Hall–Kier alpha value is -1.49. The van der Waals surface area contributed by atoms with Crippen molar-refractivity contribution in [3.05, 3.63) is 36.1 Å². The summed E-state index contributed by atoms with van der Waals surface area (Å²) < 4.78 is 4.89. The first-order valence-corrected chi connectivity index (χ1v) is 4.12. The molecule has 72 valence electrons. The van der Waals surface area contributed by atoms with Crippen LogP contribution in [-0.4, -0.2) is 7.11 Å². The van der Waals surface area contributed by atoms with Crippen LogP contribution in [0.3, 0.4) is 0 Å². The predicted molar refractivity (Wildman–Crippen MR) is 56.0 cm³/mol. The van der Waals surface area contributed by atoms with E-state index in [4.69, 9.17) is 10.00 Å². The molecule has 2 nitrogen and oxygen atoms in total. The normalized spacial score (nSPS) is 9.00. The van der Waals surface area contributed by atoms with Gasteiger partial charge in [-0.25, -0.2) is 0 Å². The van der Waals surface area contributed by atoms with Gasteiger partial charge in [-0.05, 0) is 13.0 Å². The largest absolute Gasteiger partial charge is 0.495 e. The van der Waals surface area contributed by atoms with Crippen molar-refractivity contribution in [1.29, 1.82) is 5.26 Å². The van der Waals surface area contributed by atoms with Gasteiger partial charge in [-0.2, -0.15) is 5.26 Å². The summed E-state index contributed by atoms with van der Waals surface area (Å²) in [6.07, 6.45) is 1.67. The molecule has 0 unspecified atom stereocenters. The van der Waals surface area contributed by atoms with Crippen LogP contribution >= 0.6 is 0 Å². The Morgan fingerprint density at radius 2 is 1.85 bits per heavy atom. The molecule has 0 aliphatic heterocycles. The monoisotopic (exact) mass is 179 g/mol. The molecule has 0 saturated carbocycles. The number of hydrogen-bond donors (Lipinski definition) is 0. The van der Waals surface area contributed by atoms with Gasteiger partial charge in [0, 0.05) is 0 Å². The van der Waals surface area contributed by atoms with Crippen molar-refractivity contribution in [3.8, 4) is 6.07 Å². The number of methoxy groups -OCH3 is 1. The van der Waals surface area contributed by atoms with Gasteiger partial charge in [0.15, 0.2) is 0 Å². The van der Waals surface area contributed by atoms with Crippen LogP contribution in [0.1, 0.15) is 20.8 Å². The van der Waals surface area contributed by atoms with Gasteiger partial charge in [-0.15, -0.1) is 0 Å². The van der Waals surface area contributed by atoms with Gasteiger partial charge in [0.25, 0.3) is 0 Å². The van der Waals surface area contributed by atoms with Gasteiger partial charge in [-0.3, -0.25) is 0 Å². The third-order valence-electron chi connectivity index (χ3n) is 1.03. The molecule has 0 aliphatic carbocycles. The van der Waals surface area contributed by atoms with Crippen LogP contribution in [0.5, 0.6) is 0 Å². The van der Waals surface area contributed by atoms with Crippen LogP contribution in [0.25, 0.3) is 0 Å². The summed E-state index contributed by atoms with van der Waals surface area (Å²) in [6.45, 7) is 13.0. The molecule has 0 amide bonds. The Morgan fingerprint density at radius 1 is 1.38 bits per heavy atom. The molecule has 0 rings (SSSR count). The lowest BCUT2D eigenvalue weighted by atomic mass is 10.2. The fraction of sp³-hybridized carbons (Fsp3) is 0.364. The number of allylic oxidation sites excluding steroid dienone is 3. The van der Waals surface area contributed by atoms with Crippen LogP contribution in [0.15, 0.2) is 36.1 Å². The molecule has 0 aromatic rings. The van der Waals surface area contributed by atoms with E-state index in [1.807, 2.05) is 26.8 Å². The first-order chi connectivity index (χ1) is 6.11. The van der Waals surface area contributed by atoms with Gasteiger partial charge >= 0.3 is 0 Å². The lowest BCUT2D eigenvalue weighted by Crippen LogP contribution is -1.88. The van der Waals surface area contributed by atoms with Crippen molar-refractivity contribution in [1.82, 2.24) is 0 Å². The van der Waals surface area contributed by atoms with Crippen molar-refractivity contribution in [2.45, 2.75) is 20.8 Å². The van der Waals surface area contributed by atoms with E-state index >= 15 is 0 Å². The zero-order valence-corrected chi connectivity index (χ0v) is 8.85. The Balaban J connectivity index is 0. The fourth-order valence-electron chi connectivity index (χ4n) is 0.548. The van der Waals surface area contributed by atoms with E-state index in [-0.39, 0.29) is 0 Å². The zero-order chi connectivity index (χ0) is 10.9. The van der Waals surface area contributed by atoms with E-state index < -0.39 is 0 Å². The summed E-state index contributed by atoms with van der Waals surface area (Å²) in [7, 11) is 1.50. The second kappa shape index (κ2) is 8.61. The minimum absolute atomic E-state index is 0.315. The number of ether oxygens (including phenoxy) is 1. The topological polar surface area (TPSA) is 33.0 Å². The molecular weight excluding hydrogens is 162 g/mol. The van der Waals surface area contributed by atoms with E-state index in [0.29, 0.717) is 11.3 Å². The highest BCUT2D eigenvalue weighted by Gasteiger charge is 1.99. The number of hydrogen-bond acceptors (Lipinski definition) is 2. The molecule has 0 bridgehead atoms. The molecule has 0 spiro atoms. The lowest BCUT2D eigenvalue weighted by molar-refractivity contribution is 0.303. The summed E-state index contributed by atoms with van der Waals surface area (Å²) in [6, 6.07) is 1.89. The average Bonchev–Trinajstić information content (AvgIpc) is 2.16. The van der Waals surface area contributed by atoms with Gasteiger partial charge in [0.2, 0.25) is 0 Å². The van der Waals surface area contributed by atoms with Crippen LogP contribution in [0.2, 0.25) is 0 Å². The Bertz CT molecular complexity index is 243. The van der Waals surface area contributed by atoms with Gasteiger partial charge in [0.05, 0.1) is 12.7 Å². The SMILES string of the molecule is C=C(C)/C=C(/OC)C(=C)C#N.CC. The number of nitriles is 1. The molecule has 0 radical (unpaired) electrons. The van der Waals surface area contributed by atoms with E-state index in [9.17, 15) is 0 Å². The van der Waals surface area contributed by atoms with Crippen LogP contribution in [-0.2, 0) is 4.74 Å². The van der Waals surface area contributed by atoms with Crippen molar-refractivity contribution in [3.63, 3.8) is 0 Å². The van der Waals surface area contributed by atoms with E-state index in [2.05, 4.69) is 13.2 Å². The van der Waals surface area contributed by atoms with E-state index in [0.717, 1.165) is 5.57 Å². The summed E-state index contributed by atoms with van der Waals surface area (Å²) >= 11 is 0. The highest BCUT2D eigenvalue weighted by molar-refractivity contribution is 5.38. The summed E-state index contributed by atoms with van der Waals surface area (Å²) in [5.74, 6) is 0.472. The molecule has 2 heteroatoms. The maximum atomic E-state index is 8.45. The third kappa shape index (κ3) is 6.89. The van der Waals surface area contributed by atoms with E-state index in [1.165, 1.54) is 7.11 Å².